The Labute approximate surface area is 137 Å². The second kappa shape index (κ2) is 6.73. The van der Waals surface area contributed by atoms with Crippen LogP contribution < -0.4 is 5.32 Å². The minimum atomic E-state index is -0.0872. The summed E-state index contributed by atoms with van der Waals surface area (Å²) in [5.74, 6) is -0.0872. The van der Waals surface area contributed by atoms with Crippen LogP contribution in [0.3, 0.4) is 0 Å². The fraction of sp³-hybridized carbons (Fsp3) is 0.0588. The van der Waals surface area contributed by atoms with E-state index in [1.165, 1.54) is 11.3 Å². The van der Waals surface area contributed by atoms with Crippen LogP contribution in [0.2, 0.25) is 5.02 Å². The third kappa shape index (κ3) is 3.53. The highest BCUT2D eigenvalue weighted by atomic mass is 35.5. The van der Waals surface area contributed by atoms with E-state index in [-0.39, 0.29) is 5.91 Å². The summed E-state index contributed by atoms with van der Waals surface area (Å²) < 4.78 is 0. The summed E-state index contributed by atoms with van der Waals surface area (Å²) >= 11 is 7.35. The number of carbonyl (C=O) groups is 1. The molecule has 22 heavy (non-hydrogen) atoms. The Morgan fingerprint density at radius 3 is 2.64 bits per heavy atom. The molecule has 3 nitrogen and oxygen atoms in total. The summed E-state index contributed by atoms with van der Waals surface area (Å²) in [5.41, 5.74) is 1.89. The molecule has 0 radical (unpaired) electrons. The Morgan fingerprint density at radius 2 is 1.91 bits per heavy atom. The van der Waals surface area contributed by atoms with Crippen molar-refractivity contribution in [2.24, 2.45) is 0 Å². The minimum absolute atomic E-state index is 0.0872. The molecule has 0 bridgehead atoms. The first-order chi connectivity index (χ1) is 10.7. The normalized spacial score (nSPS) is 10.4. The molecule has 3 rings (SSSR count). The van der Waals surface area contributed by atoms with Crippen LogP contribution in [0.25, 0.3) is 10.4 Å². The summed E-state index contributed by atoms with van der Waals surface area (Å²) in [6, 6.07) is 17.0. The molecule has 0 spiro atoms. The van der Waals surface area contributed by atoms with Crippen LogP contribution in [0.1, 0.15) is 15.4 Å². The highest BCUT2D eigenvalue weighted by Crippen LogP contribution is 2.29. The number of hydrogen-bond donors (Lipinski definition) is 1. The Balaban J connectivity index is 1.68. The SMILES string of the molecule is O=C(NCc1ccccn1)c1ccc(-c2ccc(Cl)cc2)s1. The molecular weight excluding hydrogens is 316 g/mol. The van der Waals surface area contributed by atoms with Crippen molar-refractivity contribution in [2.45, 2.75) is 6.54 Å². The van der Waals surface area contributed by atoms with Gasteiger partial charge in [-0.15, -0.1) is 11.3 Å². The number of nitrogens with one attached hydrogen (secondary N) is 1. The lowest BCUT2D eigenvalue weighted by atomic mass is 10.2. The summed E-state index contributed by atoms with van der Waals surface area (Å²) in [5, 5.41) is 3.58. The van der Waals surface area contributed by atoms with Crippen LogP contribution in [0.15, 0.2) is 60.8 Å². The fourth-order valence-electron chi connectivity index (χ4n) is 1.99. The predicted molar refractivity (Wildman–Crippen MR) is 90.2 cm³/mol. The zero-order chi connectivity index (χ0) is 15.4. The van der Waals surface area contributed by atoms with Gasteiger partial charge in [0.2, 0.25) is 0 Å². The van der Waals surface area contributed by atoms with Gasteiger partial charge in [0, 0.05) is 16.1 Å². The number of carbonyl (C=O) groups excluding carboxylic acids is 1. The number of nitrogens with zero attached hydrogens (tertiary/aromatic N) is 1. The van der Waals surface area contributed by atoms with E-state index in [4.69, 9.17) is 11.6 Å². The van der Waals surface area contributed by atoms with Gasteiger partial charge in [0.25, 0.3) is 5.91 Å². The number of aromatic nitrogens is 1. The largest absolute Gasteiger partial charge is 0.346 e. The third-order valence-electron chi connectivity index (χ3n) is 3.11. The molecule has 0 aliphatic heterocycles. The molecule has 0 saturated heterocycles. The van der Waals surface area contributed by atoms with E-state index < -0.39 is 0 Å². The first-order valence-electron chi connectivity index (χ1n) is 6.76. The molecule has 0 saturated carbocycles. The Morgan fingerprint density at radius 1 is 1.09 bits per heavy atom. The van der Waals surface area contributed by atoms with Crippen molar-refractivity contribution in [2.75, 3.05) is 0 Å². The number of pyridine rings is 1. The van der Waals surface area contributed by atoms with Crippen LogP contribution in [0, 0.1) is 0 Å². The number of rotatable bonds is 4. The topological polar surface area (TPSA) is 42.0 Å². The standard InChI is InChI=1S/C17H13ClN2OS/c18-13-6-4-12(5-7-13)15-8-9-16(22-15)17(21)20-11-14-3-1-2-10-19-14/h1-10H,11H2,(H,20,21). The highest BCUT2D eigenvalue weighted by Gasteiger charge is 2.10. The molecule has 0 unspecified atom stereocenters. The summed E-state index contributed by atoms with van der Waals surface area (Å²) in [6.45, 7) is 0.424. The molecule has 1 aromatic carbocycles. The molecule has 0 aliphatic carbocycles. The predicted octanol–water partition coefficient (Wildman–Crippen LogP) is 4.39. The smallest absolute Gasteiger partial charge is 0.261 e. The first kappa shape index (κ1) is 14.8. The molecule has 110 valence electrons. The number of hydrogen-bond acceptors (Lipinski definition) is 3. The van der Waals surface area contributed by atoms with Crippen LogP contribution in [0.5, 0.6) is 0 Å². The van der Waals surface area contributed by atoms with Crippen molar-refractivity contribution in [3.63, 3.8) is 0 Å². The van der Waals surface area contributed by atoms with Gasteiger partial charge in [-0.05, 0) is 42.0 Å². The number of benzene rings is 1. The maximum absolute atomic E-state index is 12.2. The van der Waals surface area contributed by atoms with E-state index in [1.54, 1.807) is 6.20 Å². The average molecular weight is 329 g/mol. The minimum Gasteiger partial charge on any atom is -0.346 e. The lowest BCUT2D eigenvalue weighted by Crippen LogP contribution is -2.22. The molecular formula is C17H13ClN2OS. The van der Waals surface area contributed by atoms with Gasteiger partial charge in [-0.25, -0.2) is 0 Å². The van der Waals surface area contributed by atoms with Crippen molar-refractivity contribution in [1.82, 2.24) is 10.3 Å². The van der Waals surface area contributed by atoms with Crippen molar-refractivity contribution < 1.29 is 4.79 Å². The molecule has 2 heterocycles. The molecule has 1 N–H and O–H groups in total. The Hall–Kier alpha value is -2.17. The average Bonchev–Trinajstić information content (AvgIpc) is 3.04. The third-order valence-corrected chi connectivity index (χ3v) is 4.50. The maximum atomic E-state index is 12.2. The first-order valence-corrected chi connectivity index (χ1v) is 7.96. The fourth-order valence-corrected chi connectivity index (χ4v) is 3.04. The van der Waals surface area contributed by atoms with Crippen LogP contribution in [-0.4, -0.2) is 10.9 Å². The van der Waals surface area contributed by atoms with E-state index in [0.717, 1.165) is 16.1 Å². The van der Waals surface area contributed by atoms with E-state index in [0.29, 0.717) is 16.4 Å². The monoisotopic (exact) mass is 328 g/mol. The van der Waals surface area contributed by atoms with Gasteiger partial charge in [0.05, 0.1) is 17.1 Å². The van der Waals surface area contributed by atoms with Gasteiger partial charge < -0.3 is 5.32 Å². The second-order valence-electron chi connectivity index (χ2n) is 4.67. The molecule has 5 heteroatoms. The quantitative estimate of drug-likeness (QED) is 0.771. The van der Waals surface area contributed by atoms with Gasteiger partial charge in [0.15, 0.2) is 0 Å². The Kier molecular flexibility index (Phi) is 4.51. The molecule has 1 amide bonds. The lowest BCUT2D eigenvalue weighted by Gasteiger charge is -2.02. The second-order valence-corrected chi connectivity index (χ2v) is 6.19. The Bertz CT molecular complexity index is 769. The van der Waals surface area contributed by atoms with Crippen LogP contribution in [0.4, 0.5) is 0 Å². The van der Waals surface area contributed by atoms with E-state index in [2.05, 4.69) is 10.3 Å². The summed E-state index contributed by atoms with van der Waals surface area (Å²) in [6.07, 6.45) is 1.71. The number of amides is 1. The van der Waals surface area contributed by atoms with Gasteiger partial charge >= 0.3 is 0 Å². The van der Waals surface area contributed by atoms with Crippen LogP contribution in [-0.2, 0) is 6.54 Å². The number of halogens is 1. The van der Waals surface area contributed by atoms with E-state index in [9.17, 15) is 4.79 Å². The van der Waals surface area contributed by atoms with Crippen LogP contribution >= 0.6 is 22.9 Å². The molecule has 0 aliphatic rings. The van der Waals surface area contributed by atoms with E-state index in [1.807, 2.05) is 54.6 Å². The summed E-state index contributed by atoms with van der Waals surface area (Å²) in [7, 11) is 0. The van der Waals surface area contributed by atoms with Crippen molar-refractivity contribution in [1.29, 1.82) is 0 Å². The van der Waals surface area contributed by atoms with Gasteiger partial charge in [-0.2, -0.15) is 0 Å². The molecule has 2 aromatic heterocycles. The molecule has 0 atom stereocenters. The maximum Gasteiger partial charge on any atom is 0.261 e. The van der Waals surface area contributed by atoms with Gasteiger partial charge in [0.1, 0.15) is 0 Å². The van der Waals surface area contributed by atoms with Gasteiger partial charge in [-0.1, -0.05) is 29.8 Å². The zero-order valence-corrected chi connectivity index (χ0v) is 13.2. The zero-order valence-electron chi connectivity index (χ0n) is 11.6. The number of thiophene rings is 1. The summed E-state index contributed by atoms with van der Waals surface area (Å²) in [4.78, 5) is 18.1. The van der Waals surface area contributed by atoms with Gasteiger partial charge in [-0.3, -0.25) is 9.78 Å². The molecule has 0 fully saturated rings. The van der Waals surface area contributed by atoms with E-state index >= 15 is 0 Å². The van der Waals surface area contributed by atoms with Crippen molar-refractivity contribution in [3.8, 4) is 10.4 Å². The molecule has 3 aromatic rings. The van der Waals surface area contributed by atoms with Crippen molar-refractivity contribution in [3.05, 3.63) is 76.4 Å². The lowest BCUT2D eigenvalue weighted by molar-refractivity contribution is 0.0954. The van der Waals surface area contributed by atoms with Crippen molar-refractivity contribution >= 4 is 28.8 Å². The highest BCUT2D eigenvalue weighted by molar-refractivity contribution is 7.17.